The van der Waals surface area contributed by atoms with Gasteiger partial charge in [0.15, 0.2) is 0 Å². The fourth-order valence-electron chi connectivity index (χ4n) is 6.92. The Balaban J connectivity index is 0.00000387. The molecule has 0 aromatic heterocycles. The summed E-state index contributed by atoms with van der Waals surface area (Å²) < 4.78 is 5.93. The van der Waals surface area contributed by atoms with Crippen molar-refractivity contribution in [2.75, 3.05) is 19.6 Å². The average Bonchev–Trinajstić information content (AvgIpc) is 2.99. The van der Waals surface area contributed by atoms with E-state index < -0.39 is 5.54 Å². The maximum absolute atomic E-state index is 13.8. The molecule has 224 valence electrons. The Morgan fingerprint density at radius 2 is 1.56 bits per heavy atom. The predicted molar refractivity (Wildman–Crippen MR) is 166 cm³/mol. The first-order chi connectivity index (χ1) is 19.6. The normalized spacial score (nSPS) is 21.4. The van der Waals surface area contributed by atoms with Crippen molar-refractivity contribution in [1.29, 1.82) is 0 Å². The van der Waals surface area contributed by atoms with Gasteiger partial charge in [0, 0.05) is 26.2 Å². The van der Waals surface area contributed by atoms with Crippen LogP contribution >= 0.6 is 12.4 Å². The third-order valence-electron chi connectivity index (χ3n) is 9.37. The molecule has 1 unspecified atom stereocenters. The van der Waals surface area contributed by atoms with Crippen LogP contribution < -0.4 is 10.1 Å². The summed E-state index contributed by atoms with van der Waals surface area (Å²) in [6.07, 6.45) is 13.1. The maximum Gasteiger partial charge on any atom is 0.246 e. The molecule has 1 aliphatic carbocycles. The minimum atomic E-state index is -0.698. The van der Waals surface area contributed by atoms with Crippen LogP contribution in [-0.4, -0.2) is 52.8 Å². The first kappa shape index (κ1) is 31.4. The standard InChI is InChI=1S/C34H47N3O3.ClH/c1-2-3-23-37-32(38)31(16-10-13-27-11-6-4-7-12-27)35-33(39)34(37)21-24-36(25-22-34)26-28-17-19-30(20-18-28)40-29-14-8-5-9-15-29;/h5,8-9,14-15,17-20,27,31H,2-4,6-7,10-13,16,21-26H2,1H3,(H,35,39);1H. The maximum atomic E-state index is 13.8. The number of nitrogens with zero attached hydrogens (tertiary/aromatic N) is 2. The number of rotatable bonds is 11. The first-order valence-electron chi connectivity index (χ1n) is 15.7. The summed E-state index contributed by atoms with van der Waals surface area (Å²) in [6.45, 7) is 5.28. The number of likely N-dealkylation sites (tertiary alicyclic amines) is 1. The lowest BCUT2D eigenvalue weighted by atomic mass is 9.80. The van der Waals surface area contributed by atoms with Crippen molar-refractivity contribution >= 4 is 24.2 Å². The largest absolute Gasteiger partial charge is 0.457 e. The molecule has 1 atom stereocenters. The molecule has 0 bridgehead atoms. The Bertz CT molecular complexity index is 1100. The minimum absolute atomic E-state index is 0. The van der Waals surface area contributed by atoms with E-state index in [2.05, 4.69) is 29.3 Å². The van der Waals surface area contributed by atoms with Gasteiger partial charge in [0.05, 0.1) is 0 Å². The van der Waals surface area contributed by atoms with Crippen molar-refractivity contribution in [3.05, 3.63) is 60.2 Å². The highest BCUT2D eigenvalue weighted by atomic mass is 35.5. The Labute approximate surface area is 252 Å². The number of ether oxygens (including phenoxy) is 1. The average molecular weight is 582 g/mol. The minimum Gasteiger partial charge on any atom is -0.457 e. The van der Waals surface area contributed by atoms with Crippen LogP contribution in [0.4, 0.5) is 0 Å². The SMILES string of the molecule is CCCCN1C(=O)C(CCCC2CCCCC2)NC(=O)C12CCN(Cc1ccc(Oc3ccccc3)cc1)CC2.Cl. The zero-order valence-corrected chi connectivity index (χ0v) is 25.5. The number of piperazine rings is 1. The van der Waals surface area contributed by atoms with E-state index in [1.54, 1.807) is 0 Å². The number of hydrogen-bond acceptors (Lipinski definition) is 4. The van der Waals surface area contributed by atoms with Gasteiger partial charge in [0.25, 0.3) is 0 Å². The predicted octanol–water partition coefficient (Wildman–Crippen LogP) is 7.11. The zero-order chi connectivity index (χ0) is 27.8. The van der Waals surface area contributed by atoms with Gasteiger partial charge in [0.2, 0.25) is 11.8 Å². The summed E-state index contributed by atoms with van der Waals surface area (Å²) >= 11 is 0. The van der Waals surface area contributed by atoms with Crippen LogP contribution in [-0.2, 0) is 16.1 Å². The van der Waals surface area contributed by atoms with Gasteiger partial charge in [-0.05, 0) is 61.4 Å². The van der Waals surface area contributed by atoms with E-state index in [0.29, 0.717) is 19.4 Å². The smallest absolute Gasteiger partial charge is 0.246 e. The van der Waals surface area contributed by atoms with Gasteiger partial charge in [-0.25, -0.2) is 0 Å². The topological polar surface area (TPSA) is 61.9 Å². The molecule has 5 rings (SSSR count). The summed E-state index contributed by atoms with van der Waals surface area (Å²) in [5.41, 5.74) is 0.525. The van der Waals surface area contributed by atoms with Gasteiger partial charge >= 0.3 is 0 Å². The van der Waals surface area contributed by atoms with Crippen molar-refractivity contribution in [3.8, 4) is 11.5 Å². The molecular formula is C34H48ClN3O3. The second-order valence-corrected chi connectivity index (χ2v) is 12.2. The van der Waals surface area contributed by atoms with Gasteiger partial charge < -0.3 is 15.0 Å². The Hall–Kier alpha value is -2.57. The van der Waals surface area contributed by atoms with Crippen molar-refractivity contribution < 1.29 is 14.3 Å². The number of carbonyl (C=O) groups is 2. The van der Waals surface area contributed by atoms with E-state index in [1.165, 1.54) is 44.1 Å². The monoisotopic (exact) mass is 581 g/mol. The van der Waals surface area contributed by atoms with Gasteiger partial charge in [0.1, 0.15) is 23.1 Å². The number of carbonyl (C=O) groups excluding carboxylic acids is 2. The van der Waals surface area contributed by atoms with Crippen LogP contribution in [0, 0.1) is 5.92 Å². The van der Waals surface area contributed by atoms with E-state index >= 15 is 0 Å². The molecular weight excluding hydrogens is 534 g/mol. The Morgan fingerprint density at radius 1 is 0.878 bits per heavy atom. The lowest BCUT2D eigenvalue weighted by molar-refractivity contribution is -0.161. The highest BCUT2D eigenvalue weighted by Crippen LogP contribution is 2.35. The molecule has 2 aliphatic heterocycles. The number of amides is 2. The number of nitrogens with one attached hydrogen (secondary N) is 1. The van der Waals surface area contributed by atoms with Crippen LogP contribution in [0.1, 0.15) is 89.5 Å². The molecule has 41 heavy (non-hydrogen) atoms. The molecule has 7 heteroatoms. The van der Waals surface area contributed by atoms with Gasteiger partial charge in [-0.1, -0.05) is 88.6 Å². The van der Waals surface area contributed by atoms with Crippen LogP contribution in [0.15, 0.2) is 54.6 Å². The quantitative estimate of drug-likeness (QED) is 0.307. The van der Waals surface area contributed by atoms with E-state index in [-0.39, 0.29) is 30.3 Å². The second kappa shape index (κ2) is 15.1. The van der Waals surface area contributed by atoms with Crippen LogP contribution in [0.3, 0.4) is 0 Å². The Kier molecular flexibility index (Phi) is 11.5. The third-order valence-corrected chi connectivity index (χ3v) is 9.37. The third kappa shape index (κ3) is 7.84. The summed E-state index contributed by atoms with van der Waals surface area (Å²) in [5, 5.41) is 3.20. The molecule has 1 N–H and O–H groups in total. The Morgan fingerprint density at radius 3 is 2.24 bits per heavy atom. The first-order valence-corrected chi connectivity index (χ1v) is 15.7. The van der Waals surface area contributed by atoms with E-state index in [1.807, 2.05) is 47.4 Å². The summed E-state index contributed by atoms with van der Waals surface area (Å²) in [5.74, 6) is 2.69. The molecule has 2 aromatic rings. The fraction of sp³-hybridized carbons (Fsp3) is 0.588. The number of benzene rings is 2. The van der Waals surface area contributed by atoms with Gasteiger partial charge in [-0.2, -0.15) is 0 Å². The highest BCUT2D eigenvalue weighted by molar-refractivity contribution is 6.00. The number of halogens is 1. The molecule has 0 radical (unpaired) electrons. The summed E-state index contributed by atoms with van der Waals surface area (Å²) in [7, 11) is 0. The molecule has 6 nitrogen and oxygen atoms in total. The molecule has 1 spiro atoms. The van der Waals surface area contributed by atoms with E-state index in [0.717, 1.165) is 62.7 Å². The molecule has 2 amide bonds. The zero-order valence-electron chi connectivity index (χ0n) is 24.7. The number of para-hydroxylation sites is 1. The van der Waals surface area contributed by atoms with Crippen molar-refractivity contribution in [2.24, 2.45) is 5.92 Å². The lowest BCUT2D eigenvalue weighted by Crippen LogP contribution is -2.72. The van der Waals surface area contributed by atoms with Crippen molar-refractivity contribution in [1.82, 2.24) is 15.1 Å². The van der Waals surface area contributed by atoms with Gasteiger partial charge in [-0.3, -0.25) is 14.5 Å². The van der Waals surface area contributed by atoms with Crippen molar-refractivity contribution in [3.63, 3.8) is 0 Å². The number of hydrogen-bond donors (Lipinski definition) is 1. The molecule has 2 aromatic carbocycles. The number of unbranched alkanes of at least 4 members (excludes halogenated alkanes) is 1. The van der Waals surface area contributed by atoms with E-state index in [4.69, 9.17) is 4.74 Å². The van der Waals surface area contributed by atoms with Crippen LogP contribution in [0.2, 0.25) is 0 Å². The summed E-state index contributed by atoms with van der Waals surface area (Å²) in [6, 6.07) is 17.7. The molecule has 3 fully saturated rings. The second-order valence-electron chi connectivity index (χ2n) is 12.2. The number of piperidine rings is 1. The van der Waals surface area contributed by atoms with E-state index in [9.17, 15) is 9.59 Å². The highest BCUT2D eigenvalue weighted by Gasteiger charge is 2.53. The molecule has 2 saturated heterocycles. The van der Waals surface area contributed by atoms with Gasteiger partial charge in [-0.15, -0.1) is 12.4 Å². The molecule has 3 aliphatic rings. The summed E-state index contributed by atoms with van der Waals surface area (Å²) in [4.78, 5) is 31.8. The molecule has 2 heterocycles. The molecule has 1 saturated carbocycles. The van der Waals surface area contributed by atoms with Crippen LogP contribution in [0.25, 0.3) is 0 Å². The van der Waals surface area contributed by atoms with Crippen LogP contribution in [0.5, 0.6) is 11.5 Å². The van der Waals surface area contributed by atoms with Crippen molar-refractivity contribution in [2.45, 2.75) is 102 Å². The fourth-order valence-corrected chi connectivity index (χ4v) is 6.92. The lowest BCUT2D eigenvalue weighted by Gasteiger charge is -2.51.